The van der Waals surface area contributed by atoms with Crippen molar-refractivity contribution in [3.8, 4) is 0 Å². The Hall–Kier alpha value is -0.780. The summed E-state index contributed by atoms with van der Waals surface area (Å²) in [4.78, 5) is 7.01. The lowest BCUT2D eigenvalue weighted by Gasteiger charge is -1.93. The molecule has 0 saturated heterocycles. The molecule has 0 amide bonds. The van der Waals surface area contributed by atoms with E-state index in [0.717, 1.165) is 6.26 Å². The molecule has 0 aliphatic carbocycles. The van der Waals surface area contributed by atoms with E-state index in [4.69, 9.17) is 23.2 Å². The maximum absolute atomic E-state index is 11.1. The fourth-order valence-corrected chi connectivity index (χ4v) is 2.33. The summed E-state index contributed by atoms with van der Waals surface area (Å²) >= 11 is 11.7. The maximum Gasteiger partial charge on any atom is 0.154 e. The number of nitrogens with zero attached hydrogens (tertiary/aromatic N) is 1. The normalized spacial score (nSPS) is 12.2. The highest BCUT2D eigenvalue weighted by atomic mass is 35.5. The highest BCUT2D eigenvalue weighted by Crippen LogP contribution is 2.26. The molecule has 2 aromatic rings. The Kier molecular flexibility index (Phi) is 2.86. The Bertz CT molecular complexity index is 610. The number of hydrogen-bond donors (Lipinski definition) is 1. The smallest absolute Gasteiger partial charge is 0.154 e. The lowest BCUT2D eigenvalue weighted by Crippen LogP contribution is -2.01. The first-order valence-electron chi connectivity index (χ1n) is 4.36. The molecule has 7 heteroatoms. The number of imidazole rings is 1. The van der Waals surface area contributed by atoms with E-state index in [9.17, 15) is 8.42 Å². The second kappa shape index (κ2) is 3.91. The lowest BCUT2D eigenvalue weighted by atomic mass is 10.3. The van der Waals surface area contributed by atoms with Gasteiger partial charge in [0.2, 0.25) is 0 Å². The molecule has 0 saturated carbocycles. The monoisotopic (exact) mass is 278 g/mol. The number of rotatable bonds is 2. The second-order valence-corrected chi connectivity index (χ2v) is 6.49. The molecule has 1 N–H and O–H groups in total. The number of H-pyrrole nitrogens is 1. The third kappa shape index (κ3) is 2.48. The maximum atomic E-state index is 11.1. The van der Waals surface area contributed by atoms with Gasteiger partial charge in [0.05, 0.1) is 21.1 Å². The standard InChI is InChI=1S/C9H8Cl2N2O2S/c1-16(14,15)4-9-12-7-2-5(10)6(11)3-8(7)13-9/h2-3H,4H2,1H3,(H,12,13). The van der Waals surface area contributed by atoms with Gasteiger partial charge in [-0.3, -0.25) is 0 Å². The van der Waals surface area contributed by atoms with Crippen molar-refractivity contribution in [1.82, 2.24) is 9.97 Å². The van der Waals surface area contributed by atoms with Crippen molar-refractivity contribution < 1.29 is 8.42 Å². The lowest BCUT2D eigenvalue weighted by molar-refractivity contribution is 0.600. The van der Waals surface area contributed by atoms with E-state index >= 15 is 0 Å². The molecule has 0 bridgehead atoms. The van der Waals surface area contributed by atoms with Crippen molar-refractivity contribution >= 4 is 44.1 Å². The first-order valence-corrected chi connectivity index (χ1v) is 7.18. The molecule has 0 radical (unpaired) electrons. The van der Waals surface area contributed by atoms with Crippen LogP contribution in [0.25, 0.3) is 11.0 Å². The molecule has 0 aliphatic rings. The average molecular weight is 279 g/mol. The van der Waals surface area contributed by atoms with Gasteiger partial charge >= 0.3 is 0 Å². The van der Waals surface area contributed by atoms with Crippen LogP contribution in [0.2, 0.25) is 10.0 Å². The molecule has 0 aliphatic heterocycles. The molecule has 4 nitrogen and oxygen atoms in total. The third-order valence-electron chi connectivity index (χ3n) is 1.97. The summed E-state index contributed by atoms with van der Waals surface area (Å²) < 4.78 is 22.2. The minimum absolute atomic E-state index is 0.128. The molecule has 16 heavy (non-hydrogen) atoms. The summed E-state index contributed by atoms with van der Waals surface area (Å²) in [7, 11) is -3.10. The summed E-state index contributed by atoms with van der Waals surface area (Å²) in [6.45, 7) is 0. The number of aromatic amines is 1. The van der Waals surface area contributed by atoms with Gasteiger partial charge in [-0.1, -0.05) is 23.2 Å². The predicted octanol–water partition coefficient (Wildman–Crippen LogP) is 2.41. The largest absolute Gasteiger partial charge is 0.341 e. The van der Waals surface area contributed by atoms with Gasteiger partial charge in [-0.2, -0.15) is 0 Å². The summed E-state index contributed by atoms with van der Waals surface area (Å²) in [5.74, 6) is 0.257. The van der Waals surface area contributed by atoms with Gasteiger partial charge in [0, 0.05) is 6.26 Å². The first kappa shape index (κ1) is 11.7. The third-order valence-corrected chi connectivity index (χ3v) is 3.49. The van der Waals surface area contributed by atoms with E-state index in [1.54, 1.807) is 12.1 Å². The van der Waals surface area contributed by atoms with Crippen molar-refractivity contribution in [2.45, 2.75) is 5.75 Å². The minimum Gasteiger partial charge on any atom is -0.341 e. The van der Waals surface area contributed by atoms with E-state index in [1.165, 1.54) is 0 Å². The molecule has 1 aromatic carbocycles. The van der Waals surface area contributed by atoms with Crippen LogP contribution in [0, 0.1) is 0 Å². The van der Waals surface area contributed by atoms with Crippen molar-refractivity contribution in [1.29, 1.82) is 0 Å². The van der Waals surface area contributed by atoms with Gasteiger partial charge in [0.1, 0.15) is 11.6 Å². The number of hydrogen-bond acceptors (Lipinski definition) is 3. The van der Waals surface area contributed by atoms with Gasteiger partial charge < -0.3 is 4.98 Å². The molecular formula is C9H8Cl2N2O2S. The zero-order valence-corrected chi connectivity index (χ0v) is 10.6. The van der Waals surface area contributed by atoms with Gasteiger partial charge in [-0.25, -0.2) is 13.4 Å². The molecule has 0 unspecified atom stereocenters. The molecule has 86 valence electrons. The molecule has 0 atom stereocenters. The zero-order valence-electron chi connectivity index (χ0n) is 8.29. The van der Waals surface area contributed by atoms with Crippen LogP contribution >= 0.6 is 23.2 Å². The van der Waals surface area contributed by atoms with Crippen LogP contribution in [0.5, 0.6) is 0 Å². The van der Waals surface area contributed by atoms with Crippen LogP contribution in [-0.4, -0.2) is 24.6 Å². The minimum atomic E-state index is -3.10. The molecule has 1 aromatic heterocycles. The van der Waals surface area contributed by atoms with Gasteiger partial charge in [-0.05, 0) is 12.1 Å². The quantitative estimate of drug-likeness (QED) is 0.918. The van der Waals surface area contributed by atoms with Gasteiger partial charge in [0.15, 0.2) is 9.84 Å². The SMILES string of the molecule is CS(=O)(=O)Cc1nc2cc(Cl)c(Cl)cc2[nH]1. The Morgan fingerprint density at radius 1 is 1.31 bits per heavy atom. The van der Waals surface area contributed by atoms with E-state index in [-0.39, 0.29) is 5.75 Å². The summed E-state index contributed by atoms with van der Waals surface area (Å²) in [6.07, 6.45) is 1.15. The van der Waals surface area contributed by atoms with Crippen LogP contribution in [0.3, 0.4) is 0 Å². The van der Waals surface area contributed by atoms with E-state index < -0.39 is 9.84 Å². The van der Waals surface area contributed by atoms with Crippen LogP contribution < -0.4 is 0 Å². The molecule has 1 heterocycles. The van der Waals surface area contributed by atoms with E-state index in [1.807, 2.05) is 0 Å². The molecule has 0 fully saturated rings. The van der Waals surface area contributed by atoms with Crippen LogP contribution in [0.15, 0.2) is 12.1 Å². The van der Waals surface area contributed by atoms with Crippen molar-refractivity contribution in [3.63, 3.8) is 0 Å². The topological polar surface area (TPSA) is 62.8 Å². The number of aromatic nitrogens is 2. The van der Waals surface area contributed by atoms with Crippen LogP contribution in [0.1, 0.15) is 5.82 Å². The van der Waals surface area contributed by atoms with Gasteiger partial charge in [-0.15, -0.1) is 0 Å². The Balaban J connectivity index is 2.52. The summed E-state index contributed by atoms with van der Waals surface area (Å²) in [5, 5.41) is 0.801. The second-order valence-electron chi connectivity index (χ2n) is 3.54. The summed E-state index contributed by atoms with van der Waals surface area (Å²) in [5.41, 5.74) is 1.28. The van der Waals surface area contributed by atoms with Crippen molar-refractivity contribution in [2.24, 2.45) is 0 Å². The van der Waals surface area contributed by atoms with Crippen molar-refractivity contribution in [3.05, 3.63) is 28.0 Å². The molecular weight excluding hydrogens is 271 g/mol. The zero-order chi connectivity index (χ0) is 11.9. The Morgan fingerprint density at radius 2 is 1.94 bits per heavy atom. The molecule has 2 rings (SSSR count). The number of halogens is 2. The number of sulfone groups is 1. The van der Waals surface area contributed by atoms with Gasteiger partial charge in [0.25, 0.3) is 0 Å². The summed E-state index contributed by atoms with van der Waals surface area (Å²) in [6, 6.07) is 3.22. The number of nitrogens with one attached hydrogen (secondary N) is 1. The Morgan fingerprint density at radius 3 is 2.56 bits per heavy atom. The van der Waals surface area contributed by atoms with Crippen LogP contribution in [0.4, 0.5) is 0 Å². The highest BCUT2D eigenvalue weighted by molar-refractivity contribution is 7.89. The number of fused-ring (bicyclic) bond motifs is 1. The fourth-order valence-electron chi connectivity index (χ4n) is 1.37. The van der Waals surface area contributed by atoms with Crippen molar-refractivity contribution in [2.75, 3.05) is 6.26 Å². The first-order chi connectivity index (χ1) is 7.35. The Labute approximate surface area is 103 Å². The fraction of sp³-hybridized carbons (Fsp3) is 0.222. The predicted molar refractivity (Wildman–Crippen MR) is 64.7 cm³/mol. The highest BCUT2D eigenvalue weighted by Gasteiger charge is 2.10. The van der Waals surface area contributed by atoms with E-state index in [0.29, 0.717) is 26.9 Å². The number of benzene rings is 1. The van der Waals surface area contributed by atoms with E-state index in [2.05, 4.69) is 9.97 Å². The average Bonchev–Trinajstić information content (AvgIpc) is 2.44. The van der Waals surface area contributed by atoms with Crippen LogP contribution in [-0.2, 0) is 15.6 Å². The molecule has 0 spiro atoms.